The lowest BCUT2D eigenvalue weighted by Crippen LogP contribution is -2.06. The maximum absolute atomic E-state index is 11.9. The summed E-state index contributed by atoms with van der Waals surface area (Å²) in [5.41, 5.74) is -0.508. The van der Waals surface area contributed by atoms with Crippen LogP contribution in [-0.2, 0) is 9.30 Å². The van der Waals surface area contributed by atoms with Crippen molar-refractivity contribution in [2.45, 2.75) is 26.7 Å². The Balaban J connectivity index is 4.38. The van der Waals surface area contributed by atoms with Gasteiger partial charge in [0.15, 0.2) is 7.14 Å². The highest BCUT2D eigenvalue weighted by atomic mass is 31.2. The second kappa shape index (κ2) is 5.36. The predicted octanol–water partition coefficient (Wildman–Crippen LogP) is 2.94. The van der Waals surface area contributed by atoms with Crippen molar-refractivity contribution in [2.75, 3.05) is 19.4 Å². The molecule has 0 amide bonds. The van der Waals surface area contributed by atoms with Gasteiger partial charge in [0.2, 0.25) is 0 Å². The lowest BCUT2D eigenvalue weighted by molar-refractivity contribution is 0.196. The first kappa shape index (κ1) is 11.7. The molecular weight excluding hydrogens is 175 g/mol. The van der Waals surface area contributed by atoms with Crippen LogP contribution in [0.5, 0.6) is 0 Å². The highest BCUT2D eigenvalue weighted by molar-refractivity contribution is 7.79. The molecule has 0 saturated heterocycles. The Bertz CT molecular complexity index is 179. The number of carbonyl (C=O) groups is 1. The van der Waals surface area contributed by atoms with Crippen LogP contribution in [0.25, 0.3) is 0 Å². The molecule has 0 bridgehead atoms. The average Bonchev–Trinajstić information content (AvgIpc) is 2.04. The number of hydrogen-bond donors (Lipinski definition) is 0. The van der Waals surface area contributed by atoms with E-state index in [9.17, 15) is 9.36 Å². The average molecular weight is 192 g/mol. The van der Waals surface area contributed by atoms with E-state index >= 15 is 0 Å². The van der Waals surface area contributed by atoms with Crippen LogP contribution in [0.2, 0.25) is 0 Å². The van der Waals surface area contributed by atoms with Gasteiger partial charge >= 0.3 is 5.71 Å². The third-order valence-corrected chi connectivity index (χ3v) is 4.86. The van der Waals surface area contributed by atoms with Crippen LogP contribution in [0.1, 0.15) is 26.7 Å². The summed E-state index contributed by atoms with van der Waals surface area (Å²) in [4.78, 5) is 11.1. The standard InChI is InChI=1S/C8H17O3P/c1-4-6-12(10,7-5-2)8(9)11-3/h4-7H2,1-3H3. The third kappa shape index (κ3) is 2.98. The lowest BCUT2D eigenvalue weighted by Gasteiger charge is -2.12. The molecule has 72 valence electrons. The van der Waals surface area contributed by atoms with Gasteiger partial charge < -0.3 is 9.30 Å². The molecule has 0 saturated carbocycles. The smallest absolute Gasteiger partial charge is 0.363 e. The zero-order chi connectivity index (χ0) is 9.61. The number of carbonyl (C=O) groups excluding carboxylic acids is 1. The zero-order valence-corrected chi connectivity index (χ0v) is 8.89. The molecule has 0 fully saturated rings. The molecule has 0 aliphatic heterocycles. The van der Waals surface area contributed by atoms with Crippen molar-refractivity contribution in [3.8, 4) is 0 Å². The summed E-state index contributed by atoms with van der Waals surface area (Å²) >= 11 is 0. The van der Waals surface area contributed by atoms with Crippen molar-refractivity contribution in [1.82, 2.24) is 0 Å². The highest BCUT2D eigenvalue weighted by Crippen LogP contribution is 2.48. The maximum Gasteiger partial charge on any atom is 0.363 e. The molecule has 0 aliphatic rings. The van der Waals surface area contributed by atoms with E-state index in [1.165, 1.54) is 7.11 Å². The predicted molar refractivity (Wildman–Crippen MR) is 50.3 cm³/mol. The van der Waals surface area contributed by atoms with E-state index in [-0.39, 0.29) is 0 Å². The summed E-state index contributed by atoms with van der Waals surface area (Å²) in [6.07, 6.45) is 2.50. The van der Waals surface area contributed by atoms with Crippen molar-refractivity contribution in [3.63, 3.8) is 0 Å². The molecule has 0 radical (unpaired) electrons. The first-order valence-corrected chi connectivity index (χ1v) is 6.35. The van der Waals surface area contributed by atoms with Gasteiger partial charge in [0.1, 0.15) is 0 Å². The molecule has 4 heteroatoms. The van der Waals surface area contributed by atoms with E-state index in [0.717, 1.165) is 12.8 Å². The summed E-state index contributed by atoms with van der Waals surface area (Å²) in [5, 5.41) is 0. The summed E-state index contributed by atoms with van der Waals surface area (Å²) in [7, 11) is -1.38. The molecule has 3 nitrogen and oxygen atoms in total. The maximum atomic E-state index is 11.9. The van der Waals surface area contributed by atoms with Gasteiger partial charge in [-0.25, -0.2) is 4.79 Å². The Morgan fingerprint density at radius 2 is 1.67 bits per heavy atom. The molecule has 0 rings (SSSR count). The molecule has 0 N–H and O–H groups in total. The lowest BCUT2D eigenvalue weighted by atomic mass is 10.6. The summed E-state index contributed by atoms with van der Waals surface area (Å²) < 4.78 is 16.4. The Morgan fingerprint density at radius 3 is 1.92 bits per heavy atom. The summed E-state index contributed by atoms with van der Waals surface area (Å²) in [6, 6.07) is 0. The Hall–Kier alpha value is -0.300. The van der Waals surface area contributed by atoms with E-state index in [1.807, 2.05) is 13.8 Å². The van der Waals surface area contributed by atoms with Gasteiger partial charge in [-0.1, -0.05) is 13.8 Å². The van der Waals surface area contributed by atoms with E-state index < -0.39 is 12.9 Å². The number of hydrogen-bond acceptors (Lipinski definition) is 3. The second-order valence-electron chi connectivity index (χ2n) is 2.81. The first-order valence-electron chi connectivity index (χ1n) is 4.27. The van der Waals surface area contributed by atoms with Gasteiger partial charge in [0.25, 0.3) is 0 Å². The van der Waals surface area contributed by atoms with Crippen LogP contribution in [0, 0.1) is 0 Å². The summed E-state index contributed by atoms with van der Waals surface area (Å²) in [5.74, 6) is 0. The fraction of sp³-hybridized carbons (Fsp3) is 0.875. The molecular formula is C8H17O3P. The largest absolute Gasteiger partial charge is 0.464 e. The van der Waals surface area contributed by atoms with Gasteiger partial charge in [0.05, 0.1) is 7.11 Å². The Kier molecular flexibility index (Phi) is 5.23. The minimum Gasteiger partial charge on any atom is -0.464 e. The molecule has 0 spiro atoms. The Morgan fingerprint density at radius 1 is 1.25 bits per heavy atom. The Labute approximate surface area is 73.9 Å². The zero-order valence-electron chi connectivity index (χ0n) is 8.00. The molecule has 0 atom stereocenters. The highest BCUT2D eigenvalue weighted by Gasteiger charge is 2.30. The van der Waals surface area contributed by atoms with Crippen molar-refractivity contribution < 1.29 is 14.1 Å². The number of methoxy groups -OCH3 is 1. The van der Waals surface area contributed by atoms with Crippen molar-refractivity contribution in [3.05, 3.63) is 0 Å². The van der Waals surface area contributed by atoms with Crippen molar-refractivity contribution in [1.29, 1.82) is 0 Å². The molecule has 0 aromatic rings. The number of rotatable bonds is 5. The van der Waals surface area contributed by atoms with Crippen LogP contribution in [0.3, 0.4) is 0 Å². The SMILES string of the molecule is CCCP(=O)(CCC)C(=O)OC. The van der Waals surface area contributed by atoms with Gasteiger partial charge in [-0.05, 0) is 12.8 Å². The van der Waals surface area contributed by atoms with Crippen LogP contribution in [-0.4, -0.2) is 25.1 Å². The molecule has 0 unspecified atom stereocenters. The number of ether oxygens (including phenoxy) is 1. The molecule has 0 aromatic carbocycles. The van der Waals surface area contributed by atoms with Crippen LogP contribution in [0.4, 0.5) is 4.79 Å². The fourth-order valence-electron chi connectivity index (χ4n) is 1.18. The van der Waals surface area contributed by atoms with E-state index in [4.69, 9.17) is 0 Å². The first-order chi connectivity index (χ1) is 5.60. The minimum atomic E-state index is -2.67. The fourth-order valence-corrected chi connectivity index (χ4v) is 3.55. The quantitative estimate of drug-likeness (QED) is 0.629. The van der Waals surface area contributed by atoms with Gasteiger partial charge in [-0.3, -0.25) is 0 Å². The topological polar surface area (TPSA) is 43.4 Å². The second-order valence-corrected chi connectivity index (χ2v) is 5.84. The van der Waals surface area contributed by atoms with Crippen LogP contribution >= 0.6 is 7.14 Å². The minimum absolute atomic E-state index is 0.480. The van der Waals surface area contributed by atoms with Crippen molar-refractivity contribution >= 4 is 12.9 Å². The van der Waals surface area contributed by atoms with Gasteiger partial charge in [0, 0.05) is 12.3 Å². The van der Waals surface area contributed by atoms with Crippen LogP contribution < -0.4 is 0 Å². The van der Waals surface area contributed by atoms with Crippen molar-refractivity contribution in [2.24, 2.45) is 0 Å². The summed E-state index contributed by atoms with van der Waals surface area (Å²) in [6.45, 7) is 3.84. The van der Waals surface area contributed by atoms with E-state index in [1.54, 1.807) is 0 Å². The molecule has 0 aromatic heterocycles. The van der Waals surface area contributed by atoms with Gasteiger partial charge in [-0.15, -0.1) is 0 Å². The normalized spacial score (nSPS) is 11.2. The van der Waals surface area contributed by atoms with Gasteiger partial charge in [-0.2, -0.15) is 0 Å². The monoisotopic (exact) mass is 192 g/mol. The third-order valence-electron chi connectivity index (χ3n) is 1.68. The molecule has 12 heavy (non-hydrogen) atoms. The van der Waals surface area contributed by atoms with Crippen LogP contribution in [0.15, 0.2) is 0 Å². The molecule has 0 heterocycles. The van der Waals surface area contributed by atoms with E-state index in [0.29, 0.717) is 12.3 Å². The van der Waals surface area contributed by atoms with E-state index in [2.05, 4.69) is 4.74 Å². The molecule has 0 aliphatic carbocycles.